The fourth-order valence-corrected chi connectivity index (χ4v) is 3.24. The van der Waals surface area contributed by atoms with Crippen molar-refractivity contribution in [3.8, 4) is 6.07 Å². The quantitative estimate of drug-likeness (QED) is 0.945. The van der Waals surface area contributed by atoms with Crippen LogP contribution in [0.1, 0.15) is 31.2 Å². The lowest BCUT2D eigenvalue weighted by atomic mass is 10.1. The summed E-state index contributed by atoms with van der Waals surface area (Å²) in [5.74, 6) is 0.826. The van der Waals surface area contributed by atoms with E-state index in [1.807, 2.05) is 35.2 Å². The van der Waals surface area contributed by atoms with Gasteiger partial charge in [-0.05, 0) is 37.8 Å². The molecule has 1 amide bonds. The molecule has 2 aliphatic rings. The Labute approximate surface area is 134 Å². The van der Waals surface area contributed by atoms with E-state index in [2.05, 4.69) is 16.4 Å². The molecule has 1 atom stereocenters. The Morgan fingerprint density at radius 2 is 2.13 bits per heavy atom. The van der Waals surface area contributed by atoms with E-state index in [1.54, 1.807) is 0 Å². The zero-order valence-electron chi connectivity index (χ0n) is 12.8. The van der Waals surface area contributed by atoms with Gasteiger partial charge in [-0.25, -0.2) is 4.98 Å². The summed E-state index contributed by atoms with van der Waals surface area (Å²) in [6.07, 6.45) is 3.99. The van der Waals surface area contributed by atoms with Crippen molar-refractivity contribution in [3.05, 3.63) is 35.9 Å². The van der Waals surface area contributed by atoms with Crippen LogP contribution in [0.25, 0.3) is 10.9 Å². The minimum absolute atomic E-state index is 0.0958. The number of amides is 1. The molecule has 2 heterocycles. The van der Waals surface area contributed by atoms with Crippen LogP contribution in [0, 0.1) is 11.3 Å². The molecule has 1 aromatic carbocycles. The lowest BCUT2D eigenvalue weighted by molar-refractivity contribution is -0.122. The summed E-state index contributed by atoms with van der Waals surface area (Å²) < 4.78 is 0. The fourth-order valence-electron chi connectivity index (χ4n) is 3.24. The normalized spacial score (nSPS) is 20.5. The molecule has 1 saturated heterocycles. The lowest BCUT2D eigenvalue weighted by Gasteiger charge is -2.25. The number of hydrogen-bond donors (Lipinski definition) is 1. The molecule has 1 aliphatic heterocycles. The van der Waals surface area contributed by atoms with Gasteiger partial charge in [0.2, 0.25) is 5.91 Å². The van der Waals surface area contributed by atoms with Crippen molar-refractivity contribution in [3.63, 3.8) is 0 Å². The molecule has 0 bridgehead atoms. The van der Waals surface area contributed by atoms with Crippen molar-refractivity contribution in [2.75, 3.05) is 11.4 Å². The summed E-state index contributed by atoms with van der Waals surface area (Å²) in [6, 6.07) is 11.9. The molecule has 4 rings (SSSR count). The first kappa shape index (κ1) is 14.0. The third-order valence-corrected chi connectivity index (χ3v) is 4.60. The van der Waals surface area contributed by atoms with Gasteiger partial charge in [-0.15, -0.1) is 0 Å². The highest BCUT2D eigenvalue weighted by Crippen LogP contribution is 2.29. The molecule has 23 heavy (non-hydrogen) atoms. The number of anilines is 1. The van der Waals surface area contributed by atoms with E-state index in [4.69, 9.17) is 0 Å². The third-order valence-electron chi connectivity index (χ3n) is 4.60. The predicted molar refractivity (Wildman–Crippen MR) is 88.0 cm³/mol. The second-order valence-corrected chi connectivity index (χ2v) is 6.29. The highest BCUT2D eigenvalue weighted by molar-refractivity contribution is 5.89. The van der Waals surface area contributed by atoms with Crippen molar-refractivity contribution in [2.45, 2.75) is 37.8 Å². The second kappa shape index (κ2) is 5.54. The van der Waals surface area contributed by atoms with E-state index in [0.29, 0.717) is 11.6 Å². The number of hydrogen-bond acceptors (Lipinski definition) is 4. The Morgan fingerprint density at radius 3 is 2.91 bits per heavy atom. The van der Waals surface area contributed by atoms with Crippen LogP contribution < -0.4 is 10.2 Å². The highest BCUT2D eigenvalue weighted by atomic mass is 16.2. The van der Waals surface area contributed by atoms with Crippen molar-refractivity contribution >= 4 is 22.6 Å². The lowest BCUT2D eigenvalue weighted by Crippen LogP contribution is -2.44. The summed E-state index contributed by atoms with van der Waals surface area (Å²) in [4.78, 5) is 19.2. The van der Waals surface area contributed by atoms with Crippen LogP contribution in [0.2, 0.25) is 0 Å². The average Bonchev–Trinajstić information content (AvgIpc) is 3.25. The number of fused-ring (bicyclic) bond motifs is 1. The molecule has 5 heteroatoms. The monoisotopic (exact) mass is 306 g/mol. The smallest absolute Gasteiger partial charge is 0.242 e. The molecule has 2 aromatic rings. The molecular weight excluding hydrogens is 288 g/mol. The maximum atomic E-state index is 12.5. The Kier molecular flexibility index (Phi) is 3.38. The van der Waals surface area contributed by atoms with Gasteiger partial charge in [0, 0.05) is 18.0 Å². The first-order chi connectivity index (χ1) is 11.3. The molecule has 5 nitrogen and oxygen atoms in total. The van der Waals surface area contributed by atoms with Gasteiger partial charge in [0.25, 0.3) is 0 Å². The number of pyridine rings is 1. The van der Waals surface area contributed by atoms with Gasteiger partial charge in [0.1, 0.15) is 11.9 Å². The Morgan fingerprint density at radius 1 is 1.30 bits per heavy atom. The molecule has 1 N–H and O–H groups in total. The van der Waals surface area contributed by atoms with E-state index in [0.717, 1.165) is 48.9 Å². The average molecular weight is 306 g/mol. The van der Waals surface area contributed by atoms with Gasteiger partial charge in [0.15, 0.2) is 0 Å². The zero-order valence-corrected chi connectivity index (χ0v) is 12.8. The third kappa shape index (κ3) is 2.61. The van der Waals surface area contributed by atoms with E-state index >= 15 is 0 Å². The van der Waals surface area contributed by atoms with Crippen LogP contribution in [0.4, 0.5) is 5.82 Å². The Bertz CT molecular complexity index is 806. The van der Waals surface area contributed by atoms with Crippen molar-refractivity contribution in [1.82, 2.24) is 10.3 Å². The maximum absolute atomic E-state index is 12.5. The van der Waals surface area contributed by atoms with Crippen molar-refractivity contribution in [1.29, 1.82) is 5.26 Å². The summed E-state index contributed by atoms with van der Waals surface area (Å²) in [5.41, 5.74) is 1.41. The standard InChI is InChI=1S/C18H18N4O/c19-11-12-10-17(21-15-5-2-1-4-14(12)15)22-9-3-6-16(22)18(23)20-13-7-8-13/h1-2,4-5,10,13,16H,3,6-9H2,(H,20,23)/t16-/m0/s1. The van der Waals surface area contributed by atoms with Gasteiger partial charge in [0.05, 0.1) is 17.1 Å². The summed E-state index contributed by atoms with van der Waals surface area (Å²) in [7, 11) is 0. The van der Waals surface area contributed by atoms with Crippen LogP contribution in [0.15, 0.2) is 30.3 Å². The minimum Gasteiger partial charge on any atom is -0.352 e. The maximum Gasteiger partial charge on any atom is 0.242 e. The summed E-state index contributed by atoms with van der Waals surface area (Å²) >= 11 is 0. The summed E-state index contributed by atoms with van der Waals surface area (Å²) in [6.45, 7) is 0.805. The molecule has 1 aromatic heterocycles. The summed E-state index contributed by atoms with van der Waals surface area (Å²) in [5, 5.41) is 13.4. The van der Waals surface area contributed by atoms with Crippen LogP contribution in [0.5, 0.6) is 0 Å². The number of nitrogens with one attached hydrogen (secondary N) is 1. The Hall–Kier alpha value is -2.61. The SMILES string of the molecule is N#Cc1cc(N2CCC[C@H]2C(=O)NC2CC2)nc2ccccc12. The molecule has 2 fully saturated rings. The van der Waals surface area contributed by atoms with E-state index in [-0.39, 0.29) is 11.9 Å². The fraction of sp³-hybridized carbons (Fsp3) is 0.389. The molecule has 116 valence electrons. The minimum atomic E-state index is -0.171. The van der Waals surface area contributed by atoms with Crippen LogP contribution in [-0.4, -0.2) is 29.5 Å². The number of carbonyl (C=O) groups is 1. The predicted octanol–water partition coefficient (Wildman–Crippen LogP) is 2.35. The number of nitrogens with zero attached hydrogens (tertiary/aromatic N) is 3. The van der Waals surface area contributed by atoms with E-state index in [1.165, 1.54) is 0 Å². The topological polar surface area (TPSA) is 69.0 Å². The molecule has 0 spiro atoms. The van der Waals surface area contributed by atoms with Gasteiger partial charge in [-0.2, -0.15) is 5.26 Å². The zero-order chi connectivity index (χ0) is 15.8. The van der Waals surface area contributed by atoms with Crippen molar-refractivity contribution in [2.24, 2.45) is 0 Å². The van der Waals surface area contributed by atoms with Gasteiger partial charge in [-0.1, -0.05) is 18.2 Å². The molecular formula is C18H18N4O. The molecule has 0 unspecified atom stereocenters. The van der Waals surface area contributed by atoms with Gasteiger partial charge in [-0.3, -0.25) is 4.79 Å². The molecule has 0 radical (unpaired) electrons. The first-order valence-corrected chi connectivity index (χ1v) is 8.13. The molecule has 1 saturated carbocycles. The molecule has 1 aliphatic carbocycles. The number of benzene rings is 1. The number of carbonyl (C=O) groups excluding carboxylic acids is 1. The van der Waals surface area contributed by atoms with Gasteiger partial charge < -0.3 is 10.2 Å². The van der Waals surface area contributed by atoms with Crippen molar-refractivity contribution < 1.29 is 4.79 Å². The highest BCUT2D eigenvalue weighted by Gasteiger charge is 2.34. The van der Waals surface area contributed by atoms with Crippen LogP contribution >= 0.6 is 0 Å². The largest absolute Gasteiger partial charge is 0.352 e. The number of aromatic nitrogens is 1. The van der Waals surface area contributed by atoms with Crippen LogP contribution in [-0.2, 0) is 4.79 Å². The first-order valence-electron chi connectivity index (χ1n) is 8.13. The second-order valence-electron chi connectivity index (χ2n) is 6.29. The Balaban J connectivity index is 1.69. The van der Waals surface area contributed by atoms with Crippen LogP contribution in [0.3, 0.4) is 0 Å². The number of rotatable bonds is 3. The number of nitriles is 1. The van der Waals surface area contributed by atoms with Gasteiger partial charge >= 0.3 is 0 Å². The number of para-hydroxylation sites is 1. The van der Waals surface area contributed by atoms with E-state index < -0.39 is 0 Å². The van der Waals surface area contributed by atoms with E-state index in [9.17, 15) is 10.1 Å².